The quantitative estimate of drug-likeness (QED) is 0.167. The predicted octanol–water partition coefficient (Wildman–Crippen LogP) is -0.469. The lowest BCUT2D eigenvalue weighted by Gasteiger charge is -2.03. The van der Waals surface area contributed by atoms with Crippen LogP contribution < -0.4 is 0 Å². The fraction of sp³-hybridized carbons (Fsp3) is 0.333. The molecule has 0 bridgehead atoms. The number of hydrogen-bond acceptors (Lipinski definition) is 8. The number of ether oxygens (including phenoxy) is 4. The number of carbonyl (C=O) groups is 4. The summed E-state index contributed by atoms with van der Waals surface area (Å²) < 4.78 is 17.5. The van der Waals surface area contributed by atoms with Crippen molar-refractivity contribution in [3.05, 3.63) is 23.3 Å². The molecule has 0 radical (unpaired) electrons. The van der Waals surface area contributed by atoms with Crippen molar-refractivity contribution in [3.63, 3.8) is 0 Å². The van der Waals surface area contributed by atoms with Crippen LogP contribution in [-0.2, 0) is 38.1 Å². The van der Waals surface area contributed by atoms with E-state index in [4.69, 9.17) is 0 Å². The van der Waals surface area contributed by atoms with Crippen LogP contribution in [0.1, 0.15) is 0 Å². The minimum Gasteiger partial charge on any atom is -0.465 e. The summed E-state index contributed by atoms with van der Waals surface area (Å²) in [5, 5.41) is 0. The van der Waals surface area contributed by atoms with Gasteiger partial charge in [0.05, 0.1) is 28.4 Å². The number of esters is 4. The molecule has 0 N–H and O–H groups in total. The van der Waals surface area contributed by atoms with Crippen LogP contribution >= 0.6 is 0 Å². The second-order valence-electron chi connectivity index (χ2n) is 3.13. The molecule has 0 aromatic rings. The van der Waals surface area contributed by atoms with Crippen LogP contribution in [0.2, 0.25) is 0 Å². The molecule has 0 aromatic heterocycles. The van der Waals surface area contributed by atoms with Crippen LogP contribution in [0.25, 0.3) is 0 Å². The van der Waals surface area contributed by atoms with Crippen molar-refractivity contribution < 1.29 is 38.1 Å². The van der Waals surface area contributed by atoms with E-state index in [1.807, 2.05) is 0 Å². The van der Waals surface area contributed by atoms with Crippen molar-refractivity contribution in [2.24, 2.45) is 0 Å². The largest absolute Gasteiger partial charge is 0.465 e. The monoisotopic (exact) mass is 286 g/mol. The van der Waals surface area contributed by atoms with E-state index in [1.165, 1.54) is 0 Å². The van der Waals surface area contributed by atoms with Crippen molar-refractivity contribution in [2.75, 3.05) is 28.4 Å². The third-order valence-electron chi connectivity index (χ3n) is 2.04. The summed E-state index contributed by atoms with van der Waals surface area (Å²) in [7, 11) is 4.24. The molecule has 0 rings (SSSR count). The van der Waals surface area contributed by atoms with Crippen LogP contribution in [0, 0.1) is 0 Å². The van der Waals surface area contributed by atoms with Crippen LogP contribution in [0.3, 0.4) is 0 Å². The maximum Gasteiger partial charge on any atom is 0.345 e. The average molecular weight is 286 g/mol. The molecule has 0 spiro atoms. The smallest absolute Gasteiger partial charge is 0.345 e. The fourth-order valence-corrected chi connectivity index (χ4v) is 1.05. The zero-order valence-electron chi connectivity index (χ0n) is 11.4. The van der Waals surface area contributed by atoms with Gasteiger partial charge in [-0.2, -0.15) is 0 Å². The van der Waals surface area contributed by atoms with Crippen molar-refractivity contribution in [3.8, 4) is 0 Å². The Labute approximate surface area is 114 Å². The molecule has 0 heterocycles. The zero-order chi connectivity index (χ0) is 15.7. The Morgan fingerprint density at radius 3 is 0.900 bits per heavy atom. The molecule has 8 heteroatoms. The summed E-state index contributed by atoms with van der Waals surface area (Å²) in [6.45, 7) is 0. The van der Waals surface area contributed by atoms with E-state index >= 15 is 0 Å². The van der Waals surface area contributed by atoms with Crippen molar-refractivity contribution in [2.45, 2.75) is 0 Å². The zero-order valence-corrected chi connectivity index (χ0v) is 11.4. The molecule has 0 aromatic carbocycles. The highest BCUT2D eigenvalue weighted by atomic mass is 16.5. The highest BCUT2D eigenvalue weighted by Gasteiger charge is 2.22. The summed E-state index contributed by atoms with van der Waals surface area (Å²) in [6.07, 6.45) is 1.81. The maximum atomic E-state index is 11.4. The second kappa shape index (κ2) is 8.46. The Balaban J connectivity index is 5.64. The highest BCUT2D eigenvalue weighted by molar-refractivity contribution is 6.16. The molecule has 0 amide bonds. The first kappa shape index (κ1) is 17.4. The molecule has 0 saturated heterocycles. The van der Waals surface area contributed by atoms with Gasteiger partial charge in [-0.15, -0.1) is 0 Å². The molecular weight excluding hydrogens is 272 g/mol. The Bertz CT molecular complexity index is 392. The summed E-state index contributed by atoms with van der Waals surface area (Å²) in [5.74, 6) is -3.94. The minimum absolute atomic E-state index is 0.500. The lowest BCUT2D eigenvalue weighted by atomic mass is 10.2. The van der Waals surface area contributed by atoms with E-state index in [0.717, 1.165) is 40.6 Å². The molecule has 0 unspecified atom stereocenters. The SMILES string of the molecule is COC(=O)C(=CC=C(C(=O)OC)C(=O)OC)C(=O)OC. The molecule has 8 nitrogen and oxygen atoms in total. The van der Waals surface area contributed by atoms with E-state index in [-0.39, 0.29) is 0 Å². The number of hydrogen-bond donors (Lipinski definition) is 0. The Morgan fingerprint density at radius 2 is 0.750 bits per heavy atom. The van der Waals surface area contributed by atoms with E-state index in [9.17, 15) is 19.2 Å². The van der Waals surface area contributed by atoms with E-state index in [1.54, 1.807) is 0 Å². The summed E-state index contributed by atoms with van der Waals surface area (Å²) in [4.78, 5) is 45.4. The van der Waals surface area contributed by atoms with Gasteiger partial charge in [-0.3, -0.25) is 0 Å². The molecule has 20 heavy (non-hydrogen) atoms. The van der Waals surface area contributed by atoms with Gasteiger partial charge in [-0.1, -0.05) is 0 Å². The first-order valence-electron chi connectivity index (χ1n) is 5.18. The molecule has 0 aliphatic heterocycles. The van der Waals surface area contributed by atoms with Crippen molar-refractivity contribution >= 4 is 23.9 Å². The molecule has 0 fully saturated rings. The third-order valence-corrected chi connectivity index (χ3v) is 2.04. The Kier molecular flexibility index (Phi) is 7.34. The van der Waals surface area contributed by atoms with Gasteiger partial charge in [-0.25, -0.2) is 19.2 Å². The third kappa shape index (κ3) is 4.56. The Morgan fingerprint density at radius 1 is 0.550 bits per heavy atom. The van der Waals surface area contributed by atoms with Gasteiger partial charge in [-0.05, 0) is 12.2 Å². The van der Waals surface area contributed by atoms with Gasteiger partial charge < -0.3 is 18.9 Å². The molecule has 0 aliphatic carbocycles. The average Bonchev–Trinajstić information content (AvgIpc) is 2.48. The first-order chi connectivity index (χ1) is 9.42. The Hall–Kier alpha value is -2.64. The number of rotatable bonds is 5. The van der Waals surface area contributed by atoms with Crippen molar-refractivity contribution in [1.82, 2.24) is 0 Å². The molecular formula is C12H14O8. The first-order valence-corrected chi connectivity index (χ1v) is 5.18. The van der Waals surface area contributed by atoms with Gasteiger partial charge in [0.15, 0.2) is 0 Å². The summed E-state index contributed by atoms with van der Waals surface area (Å²) in [5.41, 5.74) is -0.999. The highest BCUT2D eigenvalue weighted by Crippen LogP contribution is 2.06. The van der Waals surface area contributed by atoms with Gasteiger partial charge >= 0.3 is 23.9 Å². The topological polar surface area (TPSA) is 105 Å². The molecule has 0 aliphatic rings. The second-order valence-corrected chi connectivity index (χ2v) is 3.13. The molecule has 0 atom stereocenters. The fourth-order valence-electron chi connectivity index (χ4n) is 1.05. The van der Waals surface area contributed by atoms with Gasteiger partial charge in [0, 0.05) is 0 Å². The number of carbonyl (C=O) groups excluding carboxylic acids is 4. The molecule has 110 valence electrons. The minimum atomic E-state index is -0.984. The maximum absolute atomic E-state index is 11.4. The van der Waals surface area contributed by atoms with Crippen LogP contribution in [0.5, 0.6) is 0 Å². The summed E-state index contributed by atoms with van der Waals surface area (Å²) >= 11 is 0. The lowest BCUT2D eigenvalue weighted by Crippen LogP contribution is -2.17. The van der Waals surface area contributed by atoms with Crippen LogP contribution in [0.4, 0.5) is 0 Å². The van der Waals surface area contributed by atoms with Gasteiger partial charge in [0.25, 0.3) is 0 Å². The number of allylic oxidation sites excluding steroid dienone is 2. The number of methoxy groups -OCH3 is 4. The van der Waals surface area contributed by atoms with Gasteiger partial charge in [0.1, 0.15) is 11.1 Å². The normalized spacial score (nSPS) is 8.80. The summed E-state index contributed by atoms with van der Waals surface area (Å²) in [6, 6.07) is 0. The van der Waals surface area contributed by atoms with E-state index < -0.39 is 35.0 Å². The van der Waals surface area contributed by atoms with Crippen LogP contribution in [0.15, 0.2) is 23.3 Å². The standard InChI is InChI=1S/C12H14O8/c1-17-9(13)7(10(14)18-2)5-6-8(11(15)19-3)12(16)20-4/h5-6H,1-4H3. The van der Waals surface area contributed by atoms with Crippen molar-refractivity contribution in [1.29, 1.82) is 0 Å². The molecule has 0 saturated carbocycles. The lowest BCUT2D eigenvalue weighted by molar-refractivity contribution is -0.146. The van der Waals surface area contributed by atoms with E-state index in [2.05, 4.69) is 18.9 Å². The van der Waals surface area contributed by atoms with E-state index in [0.29, 0.717) is 0 Å². The predicted molar refractivity (Wildman–Crippen MR) is 64.2 cm³/mol. The van der Waals surface area contributed by atoms with Gasteiger partial charge in [0.2, 0.25) is 0 Å². The van der Waals surface area contributed by atoms with Crippen LogP contribution in [-0.4, -0.2) is 52.3 Å².